The molecule has 6 nitrogen and oxygen atoms in total. The number of alkyl halides is 3. The van der Waals surface area contributed by atoms with E-state index < -0.39 is 17.5 Å². The van der Waals surface area contributed by atoms with Crippen molar-refractivity contribution in [2.45, 2.75) is 43.8 Å². The molecule has 164 valence electrons. The van der Waals surface area contributed by atoms with Crippen molar-refractivity contribution < 1.29 is 18.3 Å². The van der Waals surface area contributed by atoms with Gasteiger partial charge in [-0.25, -0.2) is 0 Å². The van der Waals surface area contributed by atoms with Gasteiger partial charge in [-0.05, 0) is 75.0 Å². The number of nitrogens with one attached hydrogen (secondary N) is 1. The lowest BCUT2D eigenvalue weighted by Gasteiger charge is -2.30. The summed E-state index contributed by atoms with van der Waals surface area (Å²) in [6.45, 7) is 1.98. The highest BCUT2D eigenvalue weighted by molar-refractivity contribution is 5.82. The first-order valence-electron chi connectivity index (χ1n) is 10.5. The molecule has 3 heterocycles. The van der Waals surface area contributed by atoms with Crippen molar-refractivity contribution in [3.05, 3.63) is 41.6 Å². The van der Waals surface area contributed by atoms with E-state index in [2.05, 4.69) is 27.5 Å². The molecule has 0 spiro atoms. The molecule has 5 rings (SSSR count). The Labute approximate surface area is 177 Å². The summed E-state index contributed by atoms with van der Waals surface area (Å²) in [6, 6.07) is 5.23. The summed E-state index contributed by atoms with van der Waals surface area (Å²) >= 11 is 0. The molecule has 1 aliphatic carbocycles. The Balaban J connectivity index is 1.58. The van der Waals surface area contributed by atoms with E-state index in [0.29, 0.717) is 28.6 Å². The lowest BCUT2D eigenvalue weighted by molar-refractivity contribution is -0.137. The highest BCUT2D eigenvalue weighted by Crippen LogP contribution is 2.44. The van der Waals surface area contributed by atoms with E-state index in [0.717, 1.165) is 56.5 Å². The summed E-state index contributed by atoms with van der Waals surface area (Å²) in [7, 11) is 2.09. The van der Waals surface area contributed by atoms with E-state index in [9.17, 15) is 18.3 Å². The number of likely N-dealkylation sites (N-methyl/N-ethyl adjacent to an activating group) is 1. The molecule has 3 aromatic rings. The maximum Gasteiger partial charge on any atom is 0.416 e. The molecule has 1 atom stereocenters. The summed E-state index contributed by atoms with van der Waals surface area (Å²) < 4.78 is 41.0. The van der Waals surface area contributed by atoms with Crippen LogP contribution in [0.25, 0.3) is 16.8 Å². The van der Waals surface area contributed by atoms with Gasteiger partial charge in [-0.2, -0.15) is 13.2 Å². The molecule has 2 aliphatic rings. The molecule has 2 N–H and O–H groups in total. The fraction of sp³-hybridized carbons (Fsp3) is 0.455. The number of fused-ring (bicyclic) bond motifs is 1. The molecule has 2 fully saturated rings. The predicted octanol–water partition coefficient (Wildman–Crippen LogP) is 4.50. The average Bonchev–Trinajstić information content (AvgIpc) is 3.49. The Morgan fingerprint density at radius 2 is 1.90 bits per heavy atom. The third-order valence-corrected chi connectivity index (χ3v) is 6.15. The molecule has 9 heteroatoms. The van der Waals surface area contributed by atoms with Crippen LogP contribution in [-0.4, -0.2) is 50.8 Å². The maximum absolute atomic E-state index is 13.0. The number of halogens is 3. The summed E-state index contributed by atoms with van der Waals surface area (Å²) in [4.78, 5) is 2.27. The Bertz CT molecular complexity index is 1120. The summed E-state index contributed by atoms with van der Waals surface area (Å²) in [5.74, 6) is 0.609. The molecule has 0 radical (unpaired) electrons. The first-order valence-corrected chi connectivity index (χ1v) is 10.5. The number of pyridine rings is 1. The number of piperidine rings is 1. The Kier molecular flexibility index (Phi) is 4.80. The summed E-state index contributed by atoms with van der Waals surface area (Å²) in [5.41, 5.74) is 1.60. The predicted molar refractivity (Wildman–Crippen MR) is 111 cm³/mol. The second-order valence-electron chi connectivity index (χ2n) is 8.65. The standard InChI is InChI=1S/C22H24F3N5O/c1-29-8-2-3-16(12-29)26-21-28-27-20-18(9-14(11-30(20)21)13-4-5-13)17-7-6-15(10-19(17)31)22(23,24)25/h6-7,9-11,13,16,31H,2-5,8,12H2,1H3,(H,26,28)/t16-/m1/s1. The zero-order chi connectivity index (χ0) is 21.8. The van der Waals surface area contributed by atoms with Crippen molar-refractivity contribution in [1.29, 1.82) is 0 Å². The third kappa shape index (κ3) is 3.94. The van der Waals surface area contributed by atoms with Crippen LogP contribution in [0.2, 0.25) is 0 Å². The molecule has 31 heavy (non-hydrogen) atoms. The Morgan fingerprint density at radius 1 is 1.10 bits per heavy atom. The maximum atomic E-state index is 13.0. The monoisotopic (exact) mass is 431 g/mol. The van der Waals surface area contributed by atoms with Gasteiger partial charge in [-0.3, -0.25) is 4.40 Å². The van der Waals surface area contributed by atoms with Crippen molar-refractivity contribution in [2.75, 3.05) is 25.5 Å². The van der Waals surface area contributed by atoms with Crippen LogP contribution in [-0.2, 0) is 6.18 Å². The zero-order valence-electron chi connectivity index (χ0n) is 17.2. The van der Waals surface area contributed by atoms with Gasteiger partial charge in [-0.15, -0.1) is 10.2 Å². The van der Waals surface area contributed by atoms with Gasteiger partial charge < -0.3 is 15.3 Å². The molecule has 0 unspecified atom stereocenters. The third-order valence-electron chi connectivity index (χ3n) is 6.15. The quantitative estimate of drug-likeness (QED) is 0.637. The van der Waals surface area contributed by atoms with Crippen LogP contribution in [0.5, 0.6) is 5.75 Å². The van der Waals surface area contributed by atoms with Crippen molar-refractivity contribution >= 4 is 11.6 Å². The first kappa shape index (κ1) is 20.1. The van der Waals surface area contributed by atoms with Crippen molar-refractivity contribution in [1.82, 2.24) is 19.5 Å². The highest BCUT2D eigenvalue weighted by atomic mass is 19.4. The molecular formula is C22H24F3N5O. The van der Waals surface area contributed by atoms with Crippen molar-refractivity contribution in [3.63, 3.8) is 0 Å². The fourth-order valence-electron chi connectivity index (χ4n) is 4.35. The molecule has 1 aliphatic heterocycles. The lowest BCUT2D eigenvalue weighted by Crippen LogP contribution is -2.40. The molecule has 1 aromatic carbocycles. The van der Waals surface area contributed by atoms with Gasteiger partial charge in [0.2, 0.25) is 5.95 Å². The minimum atomic E-state index is -4.51. The second kappa shape index (κ2) is 7.40. The largest absolute Gasteiger partial charge is 0.507 e. The van der Waals surface area contributed by atoms with Gasteiger partial charge in [0.15, 0.2) is 5.65 Å². The molecule has 0 amide bonds. The van der Waals surface area contributed by atoms with Crippen LogP contribution < -0.4 is 5.32 Å². The number of likely N-dealkylation sites (tertiary alicyclic amines) is 1. The second-order valence-corrected chi connectivity index (χ2v) is 8.65. The van der Waals surface area contributed by atoms with Gasteiger partial charge in [-0.1, -0.05) is 0 Å². The van der Waals surface area contributed by atoms with Gasteiger partial charge >= 0.3 is 6.18 Å². The zero-order valence-corrected chi connectivity index (χ0v) is 17.2. The van der Waals surface area contributed by atoms with E-state index in [1.54, 1.807) is 0 Å². The summed E-state index contributed by atoms with van der Waals surface area (Å²) in [5, 5.41) is 22.6. The number of anilines is 1. The topological polar surface area (TPSA) is 65.7 Å². The van der Waals surface area contributed by atoms with E-state index in [-0.39, 0.29) is 6.04 Å². The number of phenols is 1. The van der Waals surface area contributed by atoms with Crippen LogP contribution >= 0.6 is 0 Å². The lowest BCUT2D eigenvalue weighted by atomic mass is 10.0. The van der Waals surface area contributed by atoms with Crippen LogP contribution in [0.4, 0.5) is 19.1 Å². The van der Waals surface area contributed by atoms with Crippen LogP contribution in [0.1, 0.15) is 42.7 Å². The summed E-state index contributed by atoms with van der Waals surface area (Å²) in [6.07, 6.45) is 1.77. The Hall–Kier alpha value is -2.81. The number of aromatic hydroxyl groups is 1. The van der Waals surface area contributed by atoms with Gasteiger partial charge in [0.25, 0.3) is 0 Å². The van der Waals surface area contributed by atoms with Gasteiger partial charge in [0.05, 0.1) is 5.56 Å². The number of aromatic nitrogens is 3. The van der Waals surface area contributed by atoms with E-state index in [4.69, 9.17) is 0 Å². The number of hydrogen-bond donors (Lipinski definition) is 2. The minimum Gasteiger partial charge on any atom is -0.507 e. The smallest absolute Gasteiger partial charge is 0.416 e. The van der Waals surface area contributed by atoms with Crippen LogP contribution in [0, 0.1) is 0 Å². The Morgan fingerprint density at radius 3 is 2.58 bits per heavy atom. The molecule has 1 saturated heterocycles. The number of hydrogen-bond acceptors (Lipinski definition) is 5. The minimum absolute atomic E-state index is 0.249. The van der Waals surface area contributed by atoms with E-state index >= 15 is 0 Å². The first-order chi connectivity index (χ1) is 14.8. The number of rotatable bonds is 4. The fourth-order valence-corrected chi connectivity index (χ4v) is 4.35. The number of phenolic OH excluding ortho intramolecular Hbond substituents is 1. The van der Waals surface area contributed by atoms with Gasteiger partial charge in [0, 0.05) is 29.9 Å². The average molecular weight is 431 g/mol. The van der Waals surface area contributed by atoms with Gasteiger partial charge in [0.1, 0.15) is 5.75 Å². The molecule has 0 bridgehead atoms. The molecule has 2 aromatic heterocycles. The van der Waals surface area contributed by atoms with E-state index in [1.165, 1.54) is 6.07 Å². The molecule has 1 saturated carbocycles. The SMILES string of the molecule is CN1CCC[C@@H](Nc2nnc3c(-c4ccc(C(F)(F)F)cc4O)cc(C4CC4)cn23)C1. The van der Waals surface area contributed by atoms with Crippen molar-refractivity contribution in [2.24, 2.45) is 0 Å². The number of benzene rings is 1. The van der Waals surface area contributed by atoms with Crippen LogP contribution in [0.3, 0.4) is 0 Å². The number of nitrogens with zero attached hydrogens (tertiary/aromatic N) is 4. The molecular weight excluding hydrogens is 407 g/mol. The van der Waals surface area contributed by atoms with E-state index in [1.807, 2.05) is 16.7 Å². The van der Waals surface area contributed by atoms with Crippen molar-refractivity contribution in [3.8, 4) is 16.9 Å². The van der Waals surface area contributed by atoms with Crippen LogP contribution in [0.15, 0.2) is 30.5 Å². The normalized spacial score (nSPS) is 20.3. The highest BCUT2D eigenvalue weighted by Gasteiger charge is 2.32.